The number of halogens is 1. The fourth-order valence-corrected chi connectivity index (χ4v) is 2.85. The molecule has 0 radical (unpaired) electrons. The van der Waals surface area contributed by atoms with Crippen molar-refractivity contribution >= 4 is 28.9 Å². The largest absolute Gasteiger partial charge is 0.293 e. The lowest BCUT2D eigenvalue weighted by Gasteiger charge is -2.10. The lowest BCUT2D eigenvalue weighted by Crippen LogP contribution is -2.15. The zero-order chi connectivity index (χ0) is 15.1. The third-order valence-electron chi connectivity index (χ3n) is 3.50. The molecule has 5 nitrogen and oxygen atoms in total. The fourth-order valence-electron chi connectivity index (χ4n) is 2.58. The normalized spacial score (nSPS) is 14.3. The van der Waals surface area contributed by atoms with E-state index in [1.165, 1.54) is 30.3 Å². The van der Waals surface area contributed by atoms with Gasteiger partial charge in [0.05, 0.1) is 15.5 Å². The van der Waals surface area contributed by atoms with Crippen LogP contribution in [0, 0.1) is 10.1 Å². The summed E-state index contributed by atoms with van der Waals surface area (Å²) in [5.41, 5.74) is 0.209. The van der Waals surface area contributed by atoms with Crippen LogP contribution in [0.4, 0.5) is 5.69 Å². The Labute approximate surface area is 124 Å². The number of fused-ring (bicyclic) bond motifs is 1. The van der Waals surface area contributed by atoms with Gasteiger partial charge in [-0.25, -0.2) is 0 Å². The topological polar surface area (TPSA) is 77.3 Å². The highest BCUT2D eigenvalue weighted by atomic mass is 35.5. The molecule has 1 aliphatic rings. The first kappa shape index (κ1) is 13.5. The van der Waals surface area contributed by atoms with Gasteiger partial charge in [-0.2, -0.15) is 0 Å². The highest BCUT2D eigenvalue weighted by Crippen LogP contribution is 2.41. The molecule has 0 heterocycles. The maximum Gasteiger partial charge on any atom is 0.275 e. The Balaban J connectivity index is 2.23. The van der Waals surface area contributed by atoms with Crippen LogP contribution in [0.2, 0.25) is 5.02 Å². The average Bonchev–Trinajstić information content (AvgIpc) is 2.72. The van der Waals surface area contributed by atoms with Crippen molar-refractivity contribution in [2.45, 2.75) is 5.92 Å². The number of ketones is 2. The van der Waals surface area contributed by atoms with Crippen molar-refractivity contribution in [3.8, 4) is 0 Å². The monoisotopic (exact) mass is 301 g/mol. The van der Waals surface area contributed by atoms with Gasteiger partial charge >= 0.3 is 0 Å². The lowest BCUT2D eigenvalue weighted by molar-refractivity contribution is -0.385. The van der Waals surface area contributed by atoms with Crippen LogP contribution in [-0.2, 0) is 0 Å². The molecule has 0 atom stereocenters. The highest BCUT2D eigenvalue weighted by molar-refractivity contribution is 6.35. The standard InChI is InChI=1S/C15H8ClNO4/c16-10-6-3-7-11(17(20)21)12(10)13-14(18)8-4-1-2-5-9(8)15(13)19/h1-7,13H. The molecule has 2 aromatic rings. The van der Waals surface area contributed by atoms with Crippen molar-refractivity contribution in [2.75, 3.05) is 0 Å². The molecule has 0 unspecified atom stereocenters. The molecule has 0 fully saturated rings. The van der Waals surface area contributed by atoms with E-state index in [1.807, 2.05) is 0 Å². The van der Waals surface area contributed by atoms with Gasteiger partial charge in [0.1, 0.15) is 5.92 Å². The number of hydrogen-bond acceptors (Lipinski definition) is 4. The van der Waals surface area contributed by atoms with Crippen LogP contribution in [0.3, 0.4) is 0 Å². The van der Waals surface area contributed by atoms with Gasteiger partial charge in [-0.05, 0) is 6.07 Å². The molecule has 0 saturated carbocycles. The molecule has 104 valence electrons. The summed E-state index contributed by atoms with van der Waals surface area (Å²) in [6, 6.07) is 10.5. The molecular weight excluding hydrogens is 294 g/mol. The second-order valence-corrected chi connectivity index (χ2v) is 5.04. The third kappa shape index (κ3) is 1.94. The van der Waals surface area contributed by atoms with Gasteiger partial charge < -0.3 is 0 Å². The molecule has 21 heavy (non-hydrogen) atoms. The summed E-state index contributed by atoms with van der Waals surface area (Å²) in [6.45, 7) is 0. The zero-order valence-electron chi connectivity index (χ0n) is 10.6. The van der Waals surface area contributed by atoms with E-state index < -0.39 is 22.4 Å². The summed E-state index contributed by atoms with van der Waals surface area (Å²) >= 11 is 6.02. The van der Waals surface area contributed by atoms with Crippen LogP contribution in [0.25, 0.3) is 0 Å². The van der Waals surface area contributed by atoms with Crippen LogP contribution >= 0.6 is 11.6 Å². The molecule has 6 heteroatoms. The Morgan fingerprint density at radius 1 is 0.952 bits per heavy atom. The van der Waals surface area contributed by atoms with E-state index in [2.05, 4.69) is 0 Å². The number of carbonyl (C=O) groups excluding carboxylic acids is 2. The Bertz CT molecular complexity index is 765. The van der Waals surface area contributed by atoms with Crippen molar-refractivity contribution in [1.82, 2.24) is 0 Å². The van der Waals surface area contributed by atoms with Crippen molar-refractivity contribution in [3.05, 3.63) is 74.3 Å². The predicted octanol–water partition coefficient (Wildman–Crippen LogP) is 3.41. The number of rotatable bonds is 2. The molecule has 0 saturated heterocycles. The molecule has 0 spiro atoms. The maximum atomic E-state index is 12.4. The Hall–Kier alpha value is -2.53. The zero-order valence-corrected chi connectivity index (χ0v) is 11.3. The summed E-state index contributed by atoms with van der Waals surface area (Å²) in [5.74, 6) is -2.14. The number of benzene rings is 2. The SMILES string of the molecule is O=C1c2ccccc2C(=O)C1c1c(Cl)cccc1[N+](=O)[O-]. The summed E-state index contributed by atoms with van der Waals surface area (Å²) in [4.78, 5) is 35.4. The number of nitro benzene ring substituents is 1. The molecular formula is C15H8ClNO4. The molecule has 0 amide bonds. The van der Waals surface area contributed by atoms with Gasteiger partial charge in [-0.3, -0.25) is 19.7 Å². The molecule has 2 aromatic carbocycles. The number of Topliss-reactive ketones (excluding diaryl/α,β-unsaturated/α-hetero) is 2. The molecule has 1 aliphatic carbocycles. The summed E-state index contributed by atoms with van der Waals surface area (Å²) < 4.78 is 0. The highest BCUT2D eigenvalue weighted by Gasteiger charge is 2.43. The van der Waals surface area contributed by atoms with E-state index >= 15 is 0 Å². The smallest absolute Gasteiger partial charge is 0.275 e. The summed E-state index contributed by atoms with van der Waals surface area (Å²) in [6.07, 6.45) is 0. The van der Waals surface area contributed by atoms with Gasteiger partial charge in [0.15, 0.2) is 11.6 Å². The van der Waals surface area contributed by atoms with Gasteiger partial charge in [0.2, 0.25) is 0 Å². The number of nitro groups is 1. The van der Waals surface area contributed by atoms with E-state index in [9.17, 15) is 19.7 Å². The van der Waals surface area contributed by atoms with Crippen LogP contribution in [0.15, 0.2) is 42.5 Å². The number of nitrogens with zero attached hydrogens (tertiary/aromatic N) is 1. The maximum absolute atomic E-state index is 12.4. The summed E-state index contributed by atoms with van der Waals surface area (Å²) in [7, 11) is 0. The van der Waals surface area contributed by atoms with Crippen LogP contribution in [0.5, 0.6) is 0 Å². The van der Waals surface area contributed by atoms with Crippen LogP contribution in [0.1, 0.15) is 32.2 Å². The van der Waals surface area contributed by atoms with Gasteiger partial charge in [-0.1, -0.05) is 41.9 Å². The molecule has 0 aromatic heterocycles. The minimum atomic E-state index is -1.24. The Morgan fingerprint density at radius 3 is 2.05 bits per heavy atom. The van der Waals surface area contributed by atoms with Crippen LogP contribution in [-0.4, -0.2) is 16.5 Å². The van der Waals surface area contributed by atoms with Crippen molar-refractivity contribution in [2.24, 2.45) is 0 Å². The number of hydrogen-bond donors (Lipinski definition) is 0. The fraction of sp³-hybridized carbons (Fsp3) is 0.0667. The second-order valence-electron chi connectivity index (χ2n) is 4.64. The van der Waals surface area contributed by atoms with Crippen molar-refractivity contribution in [3.63, 3.8) is 0 Å². The summed E-state index contributed by atoms with van der Waals surface area (Å²) in [5, 5.41) is 11.2. The third-order valence-corrected chi connectivity index (χ3v) is 3.83. The second kappa shape index (κ2) is 4.79. The van der Waals surface area contributed by atoms with Crippen LogP contribution < -0.4 is 0 Å². The van der Waals surface area contributed by atoms with Gasteiger partial charge in [0.25, 0.3) is 5.69 Å². The molecule has 0 N–H and O–H groups in total. The Morgan fingerprint density at radius 2 is 1.52 bits per heavy atom. The number of carbonyl (C=O) groups is 2. The predicted molar refractivity (Wildman–Crippen MR) is 76.0 cm³/mol. The first-order valence-electron chi connectivity index (χ1n) is 6.12. The molecule has 3 rings (SSSR count). The average molecular weight is 302 g/mol. The molecule has 0 aliphatic heterocycles. The minimum Gasteiger partial charge on any atom is -0.293 e. The lowest BCUT2D eigenvalue weighted by atomic mass is 9.92. The van der Waals surface area contributed by atoms with Crippen molar-refractivity contribution in [1.29, 1.82) is 0 Å². The van der Waals surface area contributed by atoms with Gasteiger partial charge in [-0.15, -0.1) is 0 Å². The first-order chi connectivity index (χ1) is 10.0. The van der Waals surface area contributed by atoms with E-state index in [1.54, 1.807) is 12.1 Å². The van der Waals surface area contributed by atoms with E-state index in [0.29, 0.717) is 0 Å². The molecule has 0 bridgehead atoms. The van der Waals surface area contributed by atoms with Gasteiger partial charge in [0, 0.05) is 17.2 Å². The minimum absolute atomic E-state index is 0.0321. The quantitative estimate of drug-likeness (QED) is 0.484. The van der Waals surface area contributed by atoms with E-state index in [-0.39, 0.29) is 27.4 Å². The van der Waals surface area contributed by atoms with Crippen molar-refractivity contribution < 1.29 is 14.5 Å². The van der Waals surface area contributed by atoms with E-state index in [4.69, 9.17) is 11.6 Å². The first-order valence-corrected chi connectivity index (χ1v) is 6.50. The Kier molecular flexibility index (Phi) is 3.07. The van der Waals surface area contributed by atoms with E-state index in [0.717, 1.165) is 0 Å².